The summed E-state index contributed by atoms with van der Waals surface area (Å²) in [5, 5.41) is 19.3. The first-order valence-electron chi connectivity index (χ1n) is 4.13. The number of thioether (sulfide) groups is 1. The van der Waals surface area contributed by atoms with Gasteiger partial charge in [-0.2, -0.15) is 11.8 Å². The molecule has 0 radical (unpaired) electrons. The van der Waals surface area contributed by atoms with Gasteiger partial charge in [-0.15, -0.1) is 0 Å². The van der Waals surface area contributed by atoms with Crippen molar-refractivity contribution in [1.29, 1.82) is 0 Å². The van der Waals surface area contributed by atoms with E-state index in [0.29, 0.717) is 12.3 Å². The molecule has 0 aliphatic carbocycles. The Hall–Kier alpha value is -1.50. The molecule has 0 spiro atoms. The highest BCUT2D eigenvalue weighted by atomic mass is 32.2. The molecule has 1 aromatic rings. The smallest absolute Gasteiger partial charge is 0.352 e. The van der Waals surface area contributed by atoms with Crippen LogP contribution in [-0.2, 0) is 6.54 Å². The molecule has 15 heavy (non-hydrogen) atoms. The first-order chi connectivity index (χ1) is 7.06. The second kappa shape index (κ2) is 4.83. The van der Waals surface area contributed by atoms with E-state index in [1.54, 1.807) is 11.8 Å². The molecule has 0 amide bonds. The normalized spacial score (nSPS) is 10.2. The van der Waals surface area contributed by atoms with E-state index in [-0.39, 0.29) is 11.4 Å². The second-order valence-electron chi connectivity index (χ2n) is 2.83. The largest absolute Gasteiger partial charge is 0.477 e. The zero-order valence-electron chi connectivity index (χ0n) is 8.04. The molecule has 1 rings (SSSR count). The van der Waals surface area contributed by atoms with Crippen molar-refractivity contribution in [2.75, 3.05) is 12.0 Å². The molecule has 1 aromatic heterocycles. The number of carbonyl (C=O) groups is 1. The van der Waals surface area contributed by atoms with Gasteiger partial charge in [0.05, 0.1) is 11.1 Å². The quantitative estimate of drug-likeness (QED) is 0.611. The van der Waals surface area contributed by atoms with Gasteiger partial charge in [0.1, 0.15) is 5.69 Å². The lowest BCUT2D eigenvalue weighted by Crippen LogP contribution is -2.08. The Bertz CT molecular complexity index is 388. The fourth-order valence-corrected chi connectivity index (χ4v) is 1.53. The van der Waals surface area contributed by atoms with Crippen LogP contribution in [-0.4, -0.2) is 32.6 Å². The number of aromatic nitrogens is 1. The molecule has 7 heteroatoms. The highest BCUT2D eigenvalue weighted by Crippen LogP contribution is 2.16. The minimum atomic E-state index is -1.15. The van der Waals surface area contributed by atoms with Crippen LogP contribution >= 0.6 is 11.8 Å². The number of nitro groups is 1. The van der Waals surface area contributed by atoms with Gasteiger partial charge in [-0.25, -0.2) is 4.79 Å². The maximum Gasteiger partial charge on any atom is 0.352 e. The third kappa shape index (κ3) is 2.72. The number of aryl methyl sites for hydroxylation is 1. The first kappa shape index (κ1) is 11.6. The van der Waals surface area contributed by atoms with Crippen LogP contribution in [0.25, 0.3) is 0 Å². The van der Waals surface area contributed by atoms with E-state index >= 15 is 0 Å². The van der Waals surface area contributed by atoms with Crippen LogP contribution in [0.3, 0.4) is 0 Å². The zero-order valence-corrected chi connectivity index (χ0v) is 8.86. The van der Waals surface area contributed by atoms with Gasteiger partial charge in [-0.3, -0.25) is 10.1 Å². The molecule has 0 unspecified atom stereocenters. The van der Waals surface area contributed by atoms with Gasteiger partial charge in [0, 0.05) is 18.4 Å². The number of hydrogen-bond acceptors (Lipinski definition) is 4. The maximum atomic E-state index is 10.8. The van der Waals surface area contributed by atoms with Crippen LogP contribution in [0.15, 0.2) is 12.3 Å². The Morgan fingerprint density at radius 1 is 1.73 bits per heavy atom. The Labute approximate surface area is 90.0 Å². The summed E-state index contributed by atoms with van der Waals surface area (Å²) >= 11 is 1.55. The number of carboxylic acids is 1. The van der Waals surface area contributed by atoms with Crippen LogP contribution in [0.2, 0.25) is 0 Å². The van der Waals surface area contributed by atoms with Crippen molar-refractivity contribution in [3.05, 3.63) is 28.1 Å². The minimum absolute atomic E-state index is 0.0456. The summed E-state index contributed by atoms with van der Waals surface area (Å²) in [4.78, 5) is 20.6. The summed E-state index contributed by atoms with van der Waals surface area (Å²) in [7, 11) is 0. The van der Waals surface area contributed by atoms with Gasteiger partial charge in [0.15, 0.2) is 0 Å². The van der Waals surface area contributed by atoms with Gasteiger partial charge in [0.2, 0.25) is 0 Å². The molecular weight excluding hydrogens is 220 g/mol. The van der Waals surface area contributed by atoms with Gasteiger partial charge >= 0.3 is 5.97 Å². The molecule has 1 heterocycles. The Kier molecular flexibility index (Phi) is 3.73. The van der Waals surface area contributed by atoms with Crippen molar-refractivity contribution in [3.8, 4) is 0 Å². The Morgan fingerprint density at radius 3 is 2.87 bits per heavy atom. The van der Waals surface area contributed by atoms with E-state index in [0.717, 1.165) is 6.07 Å². The van der Waals surface area contributed by atoms with E-state index in [1.165, 1.54) is 10.8 Å². The molecule has 0 aliphatic heterocycles. The standard InChI is InChI=1S/C8H10N2O4S/c1-15-3-2-9-5-6(10(13)14)4-7(9)8(11)12/h4-5H,2-3H2,1H3,(H,11,12). The van der Waals surface area contributed by atoms with Crippen molar-refractivity contribution in [2.24, 2.45) is 0 Å². The van der Waals surface area contributed by atoms with E-state index in [2.05, 4.69) is 0 Å². The van der Waals surface area contributed by atoms with E-state index in [1.807, 2.05) is 6.26 Å². The molecule has 0 fully saturated rings. The van der Waals surface area contributed by atoms with Gasteiger partial charge in [-0.05, 0) is 6.26 Å². The number of nitrogens with zero attached hydrogens (tertiary/aromatic N) is 2. The Morgan fingerprint density at radius 2 is 2.40 bits per heavy atom. The monoisotopic (exact) mass is 230 g/mol. The number of hydrogen-bond donors (Lipinski definition) is 1. The van der Waals surface area contributed by atoms with E-state index in [4.69, 9.17) is 5.11 Å². The molecule has 6 nitrogen and oxygen atoms in total. The lowest BCUT2D eigenvalue weighted by atomic mass is 10.4. The molecule has 0 saturated carbocycles. The fourth-order valence-electron chi connectivity index (χ4n) is 1.15. The van der Waals surface area contributed by atoms with Crippen LogP contribution in [0.4, 0.5) is 5.69 Å². The number of rotatable bonds is 5. The summed E-state index contributed by atoms with van der Waals surface area (Å²) in [6, 6.07) is 1.07. The van der Waals surface area contributed by atoms with Crippen LogP contribution < -0.4 is 0 Å². The third-order valence-corrected chi connectivity index (χ3v) is 2.44. The third-order valence-electron chi connectivity index (χ3n) is 1.85. The summed E-state index contributed by atoms with van der Waals surface area (Å²) < 4.78 is 1.39. The number of aromatic carboxylic acids is 1. The average Bonchev–Trinajstić information content (AvgIpc) is 2.58. The highest BCUT2D eigenvalue weighted by molar-refractivity contribution is 7.98. The number of carboxylic acid groups (broad SMARTS) is 1. The summed E-state index contributed by atoms with van der Waals surface area (Å²) in [6.45, 7) is 0.455. The SMILES string of the molecule is CSCCn1cc([N+](=O)[O-])cc1C(=O)O. The van der Waals surface area contributed by atoms with Crippen LogP contribution in [0.5, 0.6) is 0 Å². The van der Waals surface area contributed by atoms with Gasteiger partial charge in [-0.1, -0.05) is 0 Å². The van der Waals surface area contributed by atoms with E-state index in [9.17, 15) is 14.9 Å². The lowest BCUT2D eigenvalue weighted by Gasteiger charge is -2.02. The maximum absolute atomic E-state index is 10.8. The summed E-state index contributed by atoms with van der Waals surface area (Å²) in [5.41, 5.74) is -0.232. The summed E-state index contributed by atoms with van der Waals surface area (Å²) in [5.74, 6) is -0.434. The fraction of sp³-hybridized carbons (Fsp3) is 0.375. The molecule has 0 aliphatic rings. The molecule has 0 saturated heterocycles. The van der Waals surface area contributed by atoms with Crippen LogP contribution in [0, 0.1) is 10.1 Å². The molecule has 82 valence electrons. The molecule has 0 bridgehead atoms. The Balaban J connectivity index is 3.00. The molecular formula is C8H10N2O4S. The lowest BCUT2D eigenvalue weighted by molar-refractivity contribution is -0.384. The van der Waals surface area contributed by atoms with Crippen molar-refractivity contribution in [2.45, 2.75) is 6.54 Å². The molecule has 0 aromatic carbocycles. The topological polar surface area (TPSA) is 85.4 Å². The highest BCUT2D eigenvalue weighted by Gasteiger charge is 2.18. The zero-order chi connectivity index (χ0) is 11.4. The minimum Gasteiger partial charge on any atom is -0.477 e. The van der Waals surface area contributed by atoms with Crippen molar-refractivity contribution < 1.29 is 14.8 Å². The van der Waals surface area contributed by atoms with E-state index < -0.39 is 10.9 Å². The van der Waals surface area contributed by atoms with Gasteiger partial charge < -0.3 is 9.67 Å². The summed E-state index contributed by atoms with van der Waals surface area (Å²) in [6.07, 6.45) is 3.14. The van der Waals surface area contributed by atoms with Crippen molar-refractivity contribution >= 4 is 23.4 Å². The second-order valence-corrected chi connectivity index (χ2v) is 3.82. The predicted molar refractivity (Wildman–Crippen MR) is 56.4 cm³/mol. The molecule has 1 N–H and O–H groups in total. The average molecular weight is 230 g/mol. The van der Waals surface area contributed by atoms with Crippen molar-refractivity contribution in [3.63, 3.8) is 0 Å². The van der Waals surface area contributed by atoms with Crippen molar-refractivity contribution in [1.82, 2.24) is 4.57 Å². The first-order valence-corrected chi connectivity index (χ1v) is 5.52. The van der Waals surface area contributed by atoms with Gasteiger partial charge in [0.25, 0.3) is 5.69 Å². The molecule has 0 atom stereocenters. The van der Waals surface area contributed by atoms with Crippen LogP contribution in [0.1, 0.15) is 10.5 Å². The predicted octanol–water partition coefficient (Wildman–Crippen LogP) is 1.46.